The summed E-state index contributed by atoms with van der Waals surface area (Å²) in [5.74, 6) is 0.631. The van der Waals surface area contributed by atoms with Crippen molar-refractivity contribution in [2.45, 2.75) is 33.6 Å². The van der Waals surface area contributed by atoms with Crippen molar-refractivity contribution >= 4 is 0 Å². The van der Waals surface area contributed by atoms with Gasteiger partial charge in [-0.05, 0) is 46.1 Å². The molecule has 2 atom stereocenters. The number of hydrogen-bond donors (Lipinski definition) is 2. The van der Waals surface area contributed by atoms with Gasteiger partial charge in [0.1, 0.15) is 0 Å². The Balaban J connectivity index is 1.79. The number of nitrogens with one attached hydrogen (secondary N) is 1. The largest absolute Gasteiger partial charge is 0.396 e. The SMILES string of the molecule is CC(C)=CCCC(C)=CCN1CC2CNCC2(CO)C1. The molecule has 0 aliphatic carbocycles. The van der Waals surface area contributed by atoms with Crippen LogP contribution in [0.15, 0.2) is 23.3 Å². The van der Waals surface area contributed by atoms with E-state index in [2.05, 4.69) is 43.1 Å². The molecule has 2 rings (SSSR count). The van der Waals surface area contributed by atoms with Crippen LogP contribution in [0.3, 0.4) is 0 Å². The number of likely N-dealkylation sites (tertiary alicyclic amines) is 1. The molecule has 0 aromatic heterocycles. The van der Waals surface area contributed by atoms with E-state index >= 15 is 0 Å². The first-order valence-corrected chi connectivity index (χ1v) is 7.89. The summed E-state index contributed by atoms with van der Waals surface area (Å²) < 4.78 is 0. The van der Waals surface area contributed by atoms with E-state index in [1.54, 1.807) is 0 Å². The predicted molar refractivity (Wildman–Crippen MR) is 84.7 cm³/mol. The van der Waals surface area contributed by atoms with Crippen LogP contribution in [0.1, 0.15) is 33.6 Å². The van der Waals surface area contributed by atoms with Crippen LogP contribution in [-0.2, 0) is 0 Å². The lowest BCUT2D eigenvalue weighted by atomic mass is 9.82. The molecule has 2 N–H and O–H groups in total. The minimum Gasteiger partial charge on any atom is -0.396 e. The standard InChI is InChI=1S/C17H30N2O/c1-14(2)5-4-6-15(3)7-8-19-10-16-9-18-11-17(16,12-19)13-20/h5,7,16,18,20H,4,6,8-13H2,1-3H3. The van der Waals surface area contributed by atoms with E-state index in [0.29, 0.717) is 12.5 Å². The highest BCUT2D eigenvalue weighted by atomic mass is 16.3. The average molecular weight is 278 g/mol. The molecule has 0 radical (unpaired) electrons. The summed E-state index contributed by atoms with van der Waals surface area (Å²) in [6.45, 7) is 12.1. The van der Waals surface area contributed by atoms with Gasteiger partial charge in [0.15, 0.2) is 0 Å². The number of aliphatic hydroxyl groups excluding tert-OH is 1. The second kappa shape index (κ2) is 6.88. The maximum Gasteiger partial charge on any atom is 0.0515 e. The van der Waals surface area contributed by atoms with Crippen LogP contribution >= 0.6 is 0 Å². The number of nitrogens with zero attached hydrogens (tertiary/aromatic N) is 1. The summed E-state index contributed by atoms with van der Waals surface area (Å²) in [6.07, 6.45) is 7.00. The molecular weight excluding hydrogens is 248 g/mol. The average Bonchev–Trinajstić information content (AvgIpc) is 2.92. The molecule has 2 aliphatic heterocycles. The van der Waals surface area contributed by atoms with Crippen molar-refractivity contribution in [3.8, 4) is 0 Å². The molecule has 0 aromatic carbocycles. The molecule has 3 nitrogen and oxygen atoms in total. The van der Waals surface area contributed by atoms with Gasteiger partial charge in [0.25, 0.3) is 0 Å². The highest BCUT2D eigenvalue weighted by Crippen LogP contribution is 2.38. The van der Waals surface area contributed by atoms with Crippen LogP contribution in [0.4, 0.5) is 0 Å². The van der Waals surface area contributed by atoms with Crippen molar-refractivity contribution in [2.24, 2.45) is 11.3 Å². The summed E-state index contributed by atoms with van der Waals surface area (Å²) in [6, 6.07) is 0. The first-order chi connectivity index (χ1) is 9.55. The van der Waals surface area contributed by atoms with Crippen molar-refractivity contribution in [3.05, 3.63) is 23.3 Å². The summed E-state index contributed by atoms with van der Waals surface area (Å²) >= 11 is 0. The van der Waals surface area contributed by atoms with Crippen LogP contribution in [-0.4, -0.2) is 49.3 Å². The fourth-order valence-electron chi connectivity index (χ4n) is 3.47. The normalized spacial score (nSPS) is 30.6. The lowest BCUT2D eigenvalue weighted by Gasteiger charge is -2.25. The zero-order valence-corrected chi connectivity index (χ0v) is 13.3. The van der Waals surface area contributed by atoms with Gasteiger partial charge in [-0.15, -0.1) is 0 Å². The molecule has 0 spiro atoms. The maximum atomic E-state index is 9.70. The molecular formula is C17H30N2O. The van der Waals surface area contributed by atoms with Gasteiger partial charge >= 0.3 is 0 Å². The summed E-state index contributed by atoms with van der Waals surface area (Å²) in [5.41, 5.74) is 3.02. The van der Waals surface area contributed by atoms with E-state index in [1.807, 2.05) is 0 Å². The van der Waals surface area contributed by atoms with Gasteiger partial charge in [-0.2, -0.15) is 0 Å². The highest BCUT2D eigenvalue weighted by molar-refractivity contribution is 5.07. The lowest BCUT2D eigenvalue weighted by Crippen LogP contribution is -2.36. The molecule has 0 bridgehead atoms. The predicted octanol–water partition coefficient (Wildman–Crippen LogP) is 2.19. The van der Waals surface area contributed by atoms with Crippen molar-refractivity contribution in [2.75, 3.05) is 39.3 Å². The molecule has 114 valence electrons. The van der Waals surface area contributed by atoms with E-state index in [1.165, 1.54) is 11.1 Å². The third-order valence-electron chi connectivity index (χ3n) is 4.86. The monoisotopic (exact) mass is 278 g/mol. The van der Waals surface area contributed by atoms with E-state index in [9.17, 15) is 5.11 Å². The van der Waals surface area contributed by atoms with Crippen LogP contribution in [0.5, 0.6) is 0 Å². The number of aliphatic hydroxyl groups is 1. The zero-order valence-electron chi connectivity index (χ0n) is 13.3. The number of fused-ring (bicyclic) bond motifs is 1. The Morgan fingerprint density at radius 3 is 2.80 bits per heavy atom. The van der Waals surface area contributed by atoms with Gasteiger partial charge in [-0.25, -0.2) is 0 Å². The molecule has 3 heteroatoms. The Bertz CT molecular complexity index is 384. The second-order valence-electron chi connectivity index (χ2n) is 6.91. The van der Waals surface area contributed by atoms with Crippen molar-refractivity contribution in [3.63, 3.8) is 0 Å². The quantitative estimate of drug-likeness (QED) is 0.731. The zero-order chi connectivity index (χ0) is 14.6. The minimum absolute atomic E-state index is 0.129. The van der Waals surface area contributed by atoms with Crippen LogP contribution in [0.2, 0.25) is 0 Å². The Morgan fingerprint density at radius 2 is 2.15 bits per heavy atom. The minimum atomic E-state index is 0.129. The van der Waals surface area contributed by atoms with Crippen molar-refractivity contribution in [1.82, 2.24) is 10.2 Å². The first kappa shape index (κ1) is 15.7. The van der Waals surface area contributed by atoms with Crippen molar-refractivity contribution in [1.29, 1.82) is 0 Å². The van der Waals surface area contributed by atoms with Crippen LogP contribution in [0, 0.1) is 11.3 Å². The molecule has 2 unspecified atom stereocenters. The lowest BCUT2D eigenvalue weighted by molar-refractivity contribution is 0.126. The third kappa shape index (κ3) is 3.72. The molecule has 2 saturated heterocycles. The van der Waals surface area contributed by atoms with Gasteiger partial charge in [-0.3, -0.25) is 4.90 Å². The molecule has 20 heavy (non-hydrogen) atoms. The maximum absolute atomic E-state index is 9.70. The van der Waals surface area contributed by atoms with E-state index in [4.69, 9.17) is 0 Å². The van der Waals surface area contributed by atoms with Gasteiger partial charge in [0.05, 0.1) is 6.61 Å². The van der Waals surface area contributed by atoms with Gasteiger partial charge < -0.3 is 10.4 Å². The molecule has 2 fully saturated rings. The molecule has 0 aromatic rings. The fraction of sp³-hybridized carbons (Fsp3) is 0.765. The topological polar surface area (TPSA) is 35.5 Å². The highest BCUT2D eigenvalue weighted by Gasteiger charge is 2.48. The van der Waals surface area contributed by atoms with E-state index in [-0.39, 0.29) is 5.41 Å². The molecule has 0 saturated carbocycles. The first-order valence-electron chi connectivity index (χ1n) is 7.89. The van der Waals surface area contributed by atoms with Crippen LogP contribution in [0.25, 0.3) is 0 Å². The smallest absolute Gasteiger partial charge is 0.0515 e. The van der Waals surface area contributed by atoms with E-state index < -0.39 is 0 Å². The fourth-order valence-corrected chi connectivity index (χ4v) is 3.47. The summed E-state index contributed by atoms with van der Waals surface area (Å²) in [7, 11) is 0. The van der Waals surface area contributed by atoms with Gasteiger partial charge in [0, 0.05) is 31.6 Å². The number of rotatable bonds is 6. The van der Waals surface area contributed by atoms with Crippen molar-refractivity contribution < 1.29 is 5.11 Å². The number of hydrogen-bond acceptors (Lipinski definition) is 3. The molecule has 0 amide bonds. The summed E-state index contributed by atoms with van der Waals surface area (Å²) in [5, 5.41) is 13.1. The Kier molecular flexibility index (Phi) is 5.42. The second-order valence-corrected chi connectivity index (χ2v) is 6.91. The number of allylic oxidation sites excluding steroid dienone is 3. The van der Waals surface area contributed by atoms with Gasteiger partial charge in [-0.1, -0.05) is 23.3 Å². The third-order valence-corrected chi connectivity index (χ3v) is 4.86. The van der Waals surface area contributed by atoms with Gasteiger partial charge in [0.2, 0.25) is 0 Å². The molecule has 2 aliphatic rings. The van der Waals surface area contributed by atoms with E-state index in [0.717, 1.165) is 45.6 Å². The molecule has 2 heterocycles. The Labute approximate surface area is 123 Å². The Morgan fingerprint density at radius 1 is 1.35 bits per heavy atom. The summed E-state index contributed by atoms with van der Waals surface area (Å²) in [4.78, 5) is 2.51. The Hall–Kier alpha value is -0.640. The van der Waals surface area contributed by atoms with Crippen LogP contribution < -0.4 is 5.32 Å².